The summed E-state index contributed by atoms with van der Waals surface area (Å²) in [5.74, 6) is 0.178. The van der Waals surface area contributed by atoms with Crippen LogP contribution in [0, 0.1) is 0 Å². The fourth-order valence-corrected chi connectivity index (χ4v) is 4.39. The van der Waals surface area contributed by atoms with Crippen LogP contribution >= 0.6 is 0 Å². The van der Waals surface area contributed by atoms with Crippen LogP contribution in [0.25, 0.3) is 0 Å². The molecule has 6 heteroatoms. The molecule has 0 radical (unpaired) electrons. The number of carbonyl (C=O) groups is 2. The third-order valence-electron chi connectivity index (χ3n) is 6.35. The number of rotatable bonds is 6. The van der Waals surface area contributed by atoms with Gasteiger partial charge in [-0.2, -0.15) is 0 Å². The van der Waals surface area contributed by atoms with E-state index in [2.05, 4.69) is 34.3 Å². The van der Waals surface area contributed by atoms with Gasteiger partial charge in [0.2, 0.25) is 5.91 Å². The number of hydrogen-bond acceptors (Lipinski definition) is 4. The average molecular weight is 421 g/mol. The molecule has 2 aliphatic rings. The SMILES string of the molecule is CN1CCN(C(=O)c2ccc(CNC(=O)C3CCCN3Cc3ccccc3)cc2)CC1. The van der Waals surface area contributed by atoms with Crippen LogP contribution in [0.3, 0.4) is 0 Å². The highest BCUT2D eigenvalue weighted by Crippen LogP contribution is 2.20. The Hall–Kier alpha value is -2.70. The second-order valence-electron chi connectivity index (χ2n) is 8.62. The maximum absolute atomic E-state index is 12.8. The summed E-state index contributed by atoms with van der Waals surface area (Å²) >= 11 is 0. The summed E-state index contributed by atoms with van der Waals surface area (Å²) < 4.78 is 0. The molecular weight excluding hydrogens is 388 g/mol. The Morgan fingerprint density at radius 1 is 0.903 bits per heavy atom. The first-order valence-corrected chi connectivity index (χ1v) is 11.2. The van der Waals surface area contributed by atoms with E-state index in [-0.39, 0.29) is 17.9 Å². The van der Waals surface area contributed by atoms with Gasteiger partial charge in [-0.1, -0.05) is 42.5 Å². The first kappa shape index (κ1) is 21.5. The van der Waals surface area contributed by atoms with E-state index in [1.54, 1.807) is 0 Å². The zero-order valence-corrected chi connectivity index (χ0v) is 18.3. The van der Waals surface area contributed by atoms with E-state index in [0.717, 1.165) is 57.7 Å². The monoisotopic (exact) mass is 420 g/mol. The molecule has 164 valence electrons. The summed E-state index contributed by atoms with van der Waals surface area (Å²) in [5, 5.41) is 3.09. The summed E-state index contributed by atoms with van der Waals surface area (Å²) in [5.41, 5.74) is 2.96. The highest BCUT2D eigenvalue weighted by Gasteiger charge is 2.30. The van der Waals surface area contributed by atoms with E-state index in [0.29, 0.717) is 12.1 Å². The van der Waals surface area contributed by atoms with Gasteiger partial charge in [-0.25, -0.2) is 0 Å². The maximum atomic E-state index is 12.8. The summed E-state index contributed by atoms with van der Waals surface area (Å²) in [6.07, 6.45) is 1.95. The van der Waals surface area contributed by atoms with Crippen LogP contribution in [0.4, 0.5) is 0 Å². The lowest BCUT2D eigenvalue weighted by molar-refractivity contribution is -0.125. The molecule has 2 aromatic carbocycles. The molecule has 1 unspecified atom stereocenters. The summed E-state index contributed by atoms with van der Waals surface area (Å²) in [4.78, 5) is 31.9. The lowest BCUT2D eigenvalue weighted by Gasteiger charge is -2.32. The molecule has 0 aromatic heterocycles. The van der Waals surface area contributed by atoms with Gasteiger partial charge in [0.05, 0.1) is 6.04 Å². The number of benzene rings is 2. The van der Waals surface area contributed by atoms with Gasteiger partial charge in [-0.15, -0.1) is 0 Å². The predicted octanol–water partition coefficient (Wildman–Crippen LogP) is 2.36. The van der Waals surface area contributed by atoms with Crippen molar-refractivity contribution in [3.8, 4) is 0 Å². The Labute approximate surface area is 184 Å². The fraction of sp³-hybridized carbons (Fsp3) is 0.440. The number of nitrogens with zero attached hydrogens (tertiary/aromatic N) is 3. The molecule has 0 saturated carbocycles. The van der Waals surface area contributed by atoms with Crippen molar-refractivity contribution in [1.29, 1.82) is 0 Å². The number of amides is 2. The van der Waals surface area contributed by atoms with Gasteiger partial charge in [0, 0.05) is 44.8 Å². The molecule has 2 heterocycles. The normalized spacial score (nSPS) is 20.0. The number of carbonyl (C=O) groups excluding carboxylic acids is 2. The quantitative estimate of drug-likeness (QED) is 0.780. The number of nitrogens with one attached hydrogen (secondary N) is 1. The van der Waals surface area contributed by atoms with Crippen molar-refractivity contribution in [2.75, 3.05) is 39.8 Å². The predicted molar refractivity (Wildman–Crippen MR) is 122 cm³/mol. The van der Waals surface area contributed by atoms with Gasteiger partial charge in [-0.05, 0) is 49.7 Å². The van der Waals surface area contributed by atoms with E-state index in [1.165, 1.54) is 5.56 Å². The molecule has 2 saturated heterocycles. The molecule has 1 N–H and O–H groups in total. The van der Waals surface area contributed by atoms with E-state index < -0.39 is 0 Å². The molecule has 0 aliphatic carbocycles. The molecule has 2 aromatic rings. The van der Waals surface area contributed by atoms with Gasteiger partial charge in [-0.3, -0.25) is 14.5 Å². The third-order valence-corrected chi connectivity index (χ3v) is 6.35. The van der Waals surface area contributed by atoms with Gasteiger partial charge >= 0.3 is 0 Å². The molecule has 0 bridgehead atoms. The van der Waals surface area contributed by atoms with Crippen molar-refractivity contribution in [2.24, 2.45) is 0 Å². The first-order chi connectivity index (χ1) is 15.1. The minimum absolute atomic E-state index is 0.0710. The first-order valence-electron chi connectivity index (χ1n) is 11.2. The minimum Gasteiger partial charge on any atom is -0.351 e. The van der Waals surface area contributed by atoms with Crippen molar-refractivity contribution in [1.82, 2.24) is 20.0 Å². The molecule has 31 heavy (non-hydrogen) atoms. The van der Waals surface area contributed by atoms with E-state index in [1.807, 2.05) is 47.4 Å². The average Bonchev–Trinajstić information content (AvgIpc) is 3.27. The molecule has 2 fully saturated rings. The number of piperazine rings is 1. The highest BCUT2D eigenvalue weighted by molar-refractivity contribution is 5.94. The van der Waals surface area contributed by atoms with Gasteiger partial charge in [0.1, 0.15) is 0 Å². The highest BCUT2D eigenvalue weighted by atomic mass is 16.2. The molecule has 2 aliphatic heterocycles. The Kier molecular flexibility index (Phi) is 6.99. The van der Waals surface area contributed by atoms with Crippen LogP contribution in [0.2, 0.25) is 0 Å². The smallest absolute Gasteiger partial charge is 0.253 e. The Bertz CT molecular complexity index is 876. The van der Waals surface area contributed by atoms with Gasteiger partial charge in [0.25, 0.3) is 5.91 Å². The van der Waals surface area contributed by atoms with Crippen LogP contribution < -0.4 is 5.32 Å². The second kappa shape index (κ2) is 10.1. The molecule has 2 amide bonds. The number of hydrogen-bond donors (Lipinski definition) is 1. The summed E-state index contributed by atoms with van der Waals surface area (Å²) in [6, 6.07) is 17.9. The van der Waals surface area contributed by atoms with Crippen LogP contribution in [-0.4, -0.2) is 72.3 Å². The molecular formula is C25H32N4O2. The Morgan fingerprint density at radius 3 is 2.32 bits per heavy atom. The summed E-state index contributed by atoms with van der Waals surface area (Å²) in [6.45, 7) is 5.62. The zero-order chi connectivity index (χ0) is 21.6. The Balaban J connectivity index is 1.28. The van der Waals surface area contributed by atoms with Crippen LogP contribution in [-0.2, 0) is 17.9 Å². The lowest BCUT2D eigenvalue weighted by atomic mass is 10.1. The third kappa shape index (κ3) is 5.51. The standard InChI is InChI=1S/C25H32N4O2/c1-27-14-16-28(17-15-27)25(31)22-11-9-20(10-12-22)18-26-24(30)23-8-5-13-29(23)19-21-6-3-2-4-7-21/h2-4,6-7,9-12,23H,5,8,13-19H2,1H3,(H,26,30). The van der Waals surface area contributed by atoms with E-state index in [4.69, 9.17) is 0 Å². The van der Waals surface area contributed by atoms with Crippen molar-refractivity contribution >= 4 is 11.8 Å². The molecule has 4 rings (SSSR count). The van der Waals surface area contributed by atoms with Crippen molar-refractivity contribution in [3.05, 3.63) is 71.3 Å². The largest absolute Gasteiger partial charge is 0.351 e. The fourth-order valence-electron chi connectivity index (χ4n) is 4.39. The van der Waals surface area contributed by atoms with E-state index >= 15 is 0 Å². The van der Waals surface area contributed by atoms with Gasteiger partial charge in [0.15, 0.2) is 0 Å². The topological polar surface area (TPSA) is 55.9 Å². The van der Waals surface area contributed by atoms with Crippen molar-refractivity contribution in [3.63, 3.8) is 0 Å². The molecule has 1 atom stereocenters. The lowest BCUT2D eigenvalue weighted by Crippen LogP contribution is -2.47. The van der Waals surface area contributed by atoms with Gasteiger partial charge < -0.3 is 15.1 Å². The van der Waals surface area contributed by atoms with Crippen LogP contribution in [0.5, 0.6) is 0 Å². The minimum atomic E-state index is -0.0710. The Morgan fingerprint density at radius 2 is 1.61 bits per heavy atom. The maximum Gasteiger partial charge on any atom is 0.253 e. The molecule has 6 nitrogen and oxygen atoms in total. The van der Waals surface area contributed by atoms with Crippen LogP contribution in [0.15, 0.2) is 54.6 Å². The number of likely N-dealkylation sites (N-methyl/N-ethyl adjacent to an activating group) is 1. The van der Waals surface area contributed by atoms with E-state index in [9.17, 15) is 9.59 Å². The second-order valence-corrected chi connectivity index (χ2v) is 8.62. The van der Waals surface area contributed by atoms with Crippen molar-refractivity contribution < 1.29 is 9.59 Å². The van der Waals surface area contributed by atoms with Crippen LogP contribution in [0.1, 0.15) is 34.3 Å². The van der Waals surface area contributed by atoms with Crippen molar-refractivity contribution in [2.45, 2.75) is 32.0 Å². The number of likely N-dealkylation sites (tertiary alicyclic amines) is 1. The zero-order valence-electron chi connectivity index (χ0n) is 18.3. The summed E-state index contributed by atoms with van der Waals surface area (Å²) in [7, 11) is 2.08. The molecule has 0 spiro atoms.